The van der Waals surface area contributed by atoms with Crippen LogP contribution in [0, 0.1) is 5.82 Å². The molecule has 1 aromatic heterocycles. The molecule has 1 amide bonds. The first-order chi connectivity index (χ1) is 14.9. The molecular formula is C23H28FN2O4P. The number of halogens is 1. The molecule has 166 valence electrons. The van der Waals surface area contributed by atoms with Crippen LogP contribution in [0.1, 0.15) is 41.9 Å². The second-order valence-electron chi connectivity index (χ2n) is 8.20. The molecule has 31 heavy (non-hydrogen) atoms. The van der Waals surface area contributed by atoms with Crippen LogP contribution < -0.4 is 20.5 Å². The highest BCUT2D eigenvalue weighted by Gasteiger charge is 2.37. The lowest BCUT2D eigenvalue weighted by atomic mass is 9.91. The standard InChI is InChI=1S/C23H28FN2O4P/c1-29-8-7-25-12-14-5-3-4-6-17(14)22(23(25)28)26-13-15(9-20(26)27)21-18(24)10-16(30-2)11-19(21)31/h10-12,15H,3-9,13,31H2,1-2H3/t15-/m0/s1. The zero-order chi connectivity index (χ0) is 22.1. The monoisotopic (exact) mass is 446 g/mol. The number of ether oxygens (including phenoxy) is 2. The fourth-order valence-electron chi connectivity index (χ4n) is 4.77. The number of rotatable bonds is 6. The van der Waals surface area contributed by atoms with Gasteiger partial charge in [-0.25, -0.2) is 4.39 Å². The summed E-state index contributed by atoms with van der Waals surface area (Å²) in [4.78, 5) is 28.0. The van der Waals surface area contributed by atoms with Crippen LogP contribution in [0.5, 0.6) is 5.75 Å². The van der Waals surface area contributed by atoms with Crippen LogP contribution in [0.15, 0.2) is 23.1 Å². The number of hydrogen-bond acceptors (Lipinski definition) is 4. The maximum atomic E-state index is 14.9. The Labute approximate surface area is 183 Å². The van der Waals surface area contributed by atoms with Crippen molar-refractivity contribution in [2.45, 2.75) is 44.6 Å². The Morgan fingerprint density at radius 1 is 1.19 bits per heavy atom. The van der Waals surface area contributed by atoms with Gasteiger partial charge in [0.2, 0.25) is 5.91 Å². The smallest absolute Gasteiger partial charge is 0.274 e. The largest absolute Gasteiger partial charge is 0.497 e. The van der Waals surface area contributed by atoms with E-state index in [4.69, 9.17) is 9.47 Å². The van der Waals surface area contributed by atoms with Crippen molar-refractivity contribution < 1.29 is 18.7 Å². The molecule has 1 aromatic carbocycles. The lowest BCUT2D eigenvalue weighted by molar-refractivity contribution is -0.117. The third-order valence-electron chi connectivity index (χ3n) is 6.28. The predicted octanol–water partition coefficient (Wildman–Crippen LogP) is 2.54. The third-order valence-corrected chi connectivity index (χ3v) is 6.76. The molecule has 0 bridgehead atoms. The van der Waals surface area contributed by atoms with Crippen LogP contribution in [0.4, 0.5) is 10.1 Å². The normalized spacial score (nSPS) is 18.4. The van der Waals surface area contributed by atoms with Gasteiger partial charge in [0, 0.05) is 50.4 Å². The maximum Gasteiger partial charge on any atom is 0.274 e. The number of pyridine rings is 1. The van der Waals surface area contributed by atoms with E-state index in [-0.39, 0.29) is 23.8 Å². The van der Waals surface area contributed by atoms with E-state index >= 15 is 0 Å². The quantitative estimate of drug-likeness (QED) is 0.640. The van der Waals surface area contributed by atoms with Gasteiger partial charge in [0.1, 0.15) is 17.3 Å². The van der Waals surface area contributed by atoms with Gasteiger partial charge >= 0.3 is 0 Å². The summed E-state index contributed by atoms with van der Waals surface area (Å²) in [6.07, 6.45) is 5.83. The second kappa shape index (κ2) is 9.09. The highest BCUT2D eigenvalue weighted by atomic mass is 31.0. The van der Waals surface area contributed by atoms with Gasteiger partial charge in [-0.2, -0.15) is 0 Å². The number of anilines is 1. The molecule has 1 fully saturated rings. The predicted molar refractivity (Wildman–Crippen MR) is 121 cm³/mol. The van der Waals surface area contributed by atoms with E-state index < -0.39 is 5.82 Å². The number of aryl methyl sites for hydroxylation is 1. The number of carbonyl (C=O) groups is 1. The van der Waals surface area contributed by atoms with Crippen molar-refractivity contribution in [2.75, 3.05) is 32.3 Å². The molecule has 1 aliphatic carbocycles. The van der Waals surface area contributed by atoms with Crippen LogP contribution in [-0.4, -0.2) is 37.8 Å². The van der Waals surface area contributed by atoms with Gasteiger partial charge in [-0.05, 0) is 48.2 Å². The molecule has 2 heterocycles. The molecule has 0 radical (unpaired) electrons. The first-order valence-electron chi connectivity index (χ1n) is 10.6. The summed E-state index contributed by atoms with van der Waals surface area (Å²) >= 11 is 0. The minimum atomic E-state index is -0.392. The van der Waals surface area contributed by atoms with E-state index in [0.29, 0.717) is 42.0 Å². The Morgan fingerprint density at radius 2 is 1.97 bits per heavy atom. The molecule has 2 aliphatic rings. The topological polar surface area (TPSA) is 60.8 Å². The van der Waals surface area contributed by atoms with Crippen LogP contribution in [-0.2, 0) is 28.9 Å². The van der Waals surface area contributed by atoms with Gasteiger partial charge in [-0.1, -0.05) is 0 Å². The molecule has 6 nitrogen and oxygen atoms in total. The number of amides is 1. The summed E-state index contributed by atoms with van der Waals surface area (Å²) in [5, 5.41) is 0.670. The van der Waals surface area contributed by atoms with Crippen LogP contribution >= 0.6 is 9.24 Å². The second-order valence-corrected chi connectivity index (χ2v) is 8.82. The molecule has 0 saturated carbocycles. The summed E-state index contributed by atoms with van der Waals surface area (Å²) in [6, 6.07) is 3.09. The van der Waals surface area contributed by atoms with Gasteiger partial charge in [0.05, 0.1) is 13.7 Å². The van der Waals surface area contributed by atoms with E-state index in [9.17, 15) is 14.0 Å². The average Bonchev–Trinajstić information content (AvgIpc) is 3.12. The minimum Gasteiger partial charge on any atom is -0.497 e. The van der Waals surface area contributed by atoms with E-state index in [1.165, 1.54) is 13.2 Å². The lowest BCUT2D eigenvalue weighted by Crippen LogP contribution is -2.36. The summed E-state index contributed by atoms with van der Waals surface area (Å²) in [6.45, 7) is 1.14. The first-order valence-corrected chi connectivity index (χ1v) is 11.2. The highest BCUT2D eigenvalue weighted by molar-refractivity contribution is 7.27. The average molecular weight is 446 g/mol. The Morgan fingerprint density at radius 3 is 2.68 bits per heavy atom. The van der Waals surface area contributed by atoms with E-state index in [0.717, 1.165) is 36.8 Å². The van der Waals surface area contributed by atoms with Gasteiger partial charge < -0.3 is 18.9 Å². The number of fused-ring (bicyclic) bond motifs is 1. The fourth-order valence-corrected chi connectivity index (χ4v) is 5.30. The Balaban J connectivity index is 1.74. The van der Waals surface area contributed by atoms with Crippen molar-refractivity contribution in [3.8, 4) is 5.75 Å². The van der Waals surface area contributed by atoms with Crippen molar-refractivity contribution in [3.05, 3.63) is 51.2 Å². The number of benzene rings is 1. The molecule has 0 N–H and O–H groups in total. The number of carbonyl (C=O) groups excluding carboxylic acids is 1. The maximum absolute atomic E-state index is 14.9. The number of methoxy groups -OCH3 is 2. The molecule has 0 spiro atoms. The highest BCUT2D eigenvalue weighted by Crippen LogP contribution is 2.36. The SMILES string of the molecule is COCCn1cc2c(c(N3C[C@@H](c4c(F)cc(OC)cc4P)CC3=O)c1=O)CCCC2. The minimum absolute atomic E-state index is 0.140. The van der Waals surface area contributed by atoms with Gasteiger partial charge in [-0.15, -0.1) is 9.24 Å². The molecular weight excluding hydrogens is 418 g/mol. The summed E-state index contributed by atoms with van der Waals surface area (Å²) < 4.78 is 26.8. The first kappa shape index (κ1) is 22.0. The molecule has 1 aliphatic heterocycles. The van der Waals surface area contributed by atoms with Crippen molar-refractivity contribution in [2.24, 2.45) is 0 Å². The van der Waals surface area contributed by atoms with Crippen molar-refractivity contribution in [1.82, 2.24) is 4.57 Å². The van der Waals surface area contributed by atoms with Gasteiger partial charge in [0.25, 0.3) is 5.56 Å². The zero-order valence-corrected chi connectivity index (χ0v) is 19.1. The Hall–Kier alpha value is -2.24. The van der Waals surface area contributed by atoms with Crippen molar-refractivity contribution in [1.29, 1.82) is 0 Å². The molecule has 1 unspecified atom stereocenters. The molecule has 2 atom stereocenters. The fraction of sp³-hybridized carbons (Fsp3) is 0.478. The van der Waals surface area contributed by atoms with Crippen LogP contribution in [0.3, 0.4) is 0 Å². The number of hydrogen-bond donors (Lipinski definition) is 0. The summed E-state index contributed by atoms with van der Waals surface area (Å²) in [5.41, 5.74) is 2.88. The summed E-state index contributed by atoms with van der Waals surface area (Å²) in [5.74, 6) is -0.418. The molecule has 4 rings (SSSR count). The van der Waals surface area contributed by atoms with Gasteiger partial charge in [0.15, 0.2) is 0 Å². The molecule has 8 heteroatoms. The van der Waals surface area contributed by atoms with Crippen molar-refractivity contribution >= 4 is 26.1 Å². The van der Waals surface area contributed by atoms with E-state index in [1.54, 1.807) is 22.6 Å². The number of aromatic nitrogens is 1. The van der Waals surface area contributed by atoms with E-state index in [1.807, 2.05) is 6.20 Å². The molecule has 2 aromatic rings. The van der Waals surface area contributed by atoms with Crippen molar-refractivity contribution in [3.63, 3.8) is 0 Å². The summed E-state index contributed by atoms with van der Waals surface area (Å²) in [7, 11) is 5.63. The Bertz CT molecular complexity index is 1050. The molecule has 1 saturated heterocycles. The number of nitrogens with zero attached hydrogens (tertiary/aromatic N) is 2. The lowest BCUT2D eigenvalue weighted by Gasteiger charge is -2.26. The van der Waals surface area contributed by atoms with Gasteiger partial charge in [-0.3, -0.25) is 9.59 Å². The van der Waals surface area contributed by atoms with E-state index in [2.05, 4.69) is 9.24 Å². The zero-order valence-electron chi connectivity index (χ0n) is 17.9. The van der Waals surface area contributed by atoms with Crippen LogP contribution in [0.2, 0.25) is 0 Å². The van der Waals surface area contributed by atoms with Crippen LogP contribution in [0.25, 0.3) is 0 Å². The Kier molecular flexibility index (Phi) is 6.44. The third kappa shape index (κ3) is 4.13.